The van der Waals surface area contributed by atoms with Gasteiger partial charge in [0, 0.05) is 31.1 Å². The number of halogens is 3. The monoisotopic (exact) mass is 407 g/mol. The summed E-state index contributed by atoms with van der Waals surface area (Å²) < 4.78 is 64.8. The summed E-state index contributed by atoms with van der Waals surface area (Å²) in [5.41, 5.74) is 1.94. The van der Waals surface area contributed by atoms with Crippen molar-refractivity contribution in [2.45, 2.75) is 18.4 Å². The number of pyridine rings is 2. The molecule has 0 saturated carbocycles. The largest absolute Gasteiger partial charge is 0.352 e. The fraction of sp³-hybridized carbons (Fsp3) is 0.158. The molecule has 0 saturated heterocycles. The van der Waals surface area contributed by atoms with E-state index in [1.54, 1.807) is 6.92 Å². The van der Waals surface area contributed by atoms with Crippen molar-refractivity contribution in [3.05, 3.63) is 77.0 Å². The summed E-state index contributed by atoms with van der Waals surface area (Å²) in [4.78, 5) is 7.67. The summed E-state index contributed by atoms with van der Waals surface area (Å²) in [7, 11) is -3.80. The highest BCUT2D eigenvalue weighted by Gasteiger charge is 2.19. The number of hydrogen-bond acceptors (Lipinski definition) is 5. The minimum atomic E-state index is -3.80. The third kappa shape index (κ3) is 4.14. The van der Waals surface area contributed by atoms with Gasteiger partial charge in [-0.2, -0.15) is 0 Å². The Bertz CT molecular complexity index is 1150. The lowest BCUT2D eigenvalue weighted by molar-refractivity contribution is 0.548. The molecule has 0 radical (unpaired) electrons. The van der Waals surface area contributed by atoms with E-state index in [0.29, 0.717) is 16.8 Å². The maximum Gasteiger partial charge on any atom is 0.195 e. The van der Waals surface area contributed by atoms with Crippen molar-refractivity contribution in [3.8, 4) is 0 Å². The molecule has 3 rings (SSSR count). The maximum absolute atomic E-state index is 14.6. The summed E-state index contributed by atoms with van der Waals surface area (Å²) in [6.07, 6.45) is 5.16. The average molecular weight is 407 g/mol. The second kappa shape index (κ2) is 7.59. The molecule has 0 bridgehead atoms. The molecule has 9 heteroatoms. The SMILES string of the molecule is Cc1c(Cc2ccnc(S(C)(=O)=O)c2F)cncc1Nc1ccc(F)cc1F. The summed E-state index contributed by atoms with van der Waals surface area (Å²) in [5, 5.41) is 2.23. The number of nitrogens with one attached hydrogen (secondary N) is 1. The van der Waals surface area contributed by atoms with Gasteiger partial charge in [0.1, 0.15) is 11.6 Å². The van der Waals surface area contributed by atoms with Crippen LogP contribution in [-0.2, 0) is 16.3 Å². The van der Waals surface area contributed by atoms with Gasteiger partial charge in [0.05, 0.1) is 17.6 Å². The molecule has 1 N–H and O–H groups in total. The first-order valence-electron chi connectivity index (χ1n) is 8.16. The van der Waals surface area contributed by atoms with E-state index in [9.17, 15) is 21.6 Å². The Labute approximate surface area is 160 Å². The van der Waals surface area contributed by atoms with Crippen molar-refractivity contribution in [1.82, 2.24) is 9.97 Å². The Morgan fingerprint density at radius 3 is 2.46 bits per heavy atom. The van der Waals surface area contributed by atoms with Gasteiger partial charge in [0.2, 0.25) is 0 Å². The van der Waals surface area contributed by atoms with Crippen molar-refractivity contribution in [2.24, 2.45) is 0 Å². The lowest BCUT2D eigenvalue weighted by atomic mass is 10.0. The molecule has 0 amide bonds. The van der Waals surface area contributed by atoms with Gasteiger partial charge in [-0.25, -0.2) is 26.6 Å². The second-order valence-electron chi connectivity index (χ2n) is 6.26. The molecular formula is C19H16F3N3O2S. The summed E-state index contributed by atoms with van der Waals surface area (Å²) in [6.45, 7) is 1.73. The van der Waals surface area contributed by atoms with E-state index in [1.165, 1.54) is 30.7 Å². The van der Waals surface area contributed by atoms with E-state index < -0.39 is 32.3 Å². The molecule has 0 aliphatic carbocycles. The van der Waals surface area contributed by atoms with Crippen LogP contribution < -0.4 is 5.32 Å². The van der Waals surface area contributed by atoms with Crippen molar-refractivity contribution < 1.29 is 21.6 Å². The Morgan fingerprint density at radius 2 is 1.79 bits per heavy atom. The molecule has 3 aromatic rings. The molecule has 0 fully saturated rings. The van der Waals surface area contributed by atoms with Crippen LogP contribution in [0, 0.1) is 24.4 Å². The van der Waals surface area contributed by atoms with Gasteiger partial charge in [0.25, 0.3) is 0 Å². The van der Waals surface area contributed by atoms with Gasteiger partial charge in [-0.15, -0.1) is 0 Å². The predicted octanol–water partition coefficient (Wildman–Crippen LogP) is 3.94. The van der Waals surface area contributed by atoms with Crippen molar-refractivity contribution in [1.29, 1.82) is 0 Å². The zero-order chi connectivity index (χ0) is 20.5. The highest BCUT2D eigenvalue weighted by molar-refractivity contribution is 7.90. The van der Waals surface area contributed by atoms with Crippen LogP contribution in [0.15, 0.2) is 47.9 Å². The third-order valence-corrected chi connectivity index (χ3v) is 5.18. The van der Waals surface area contributed by atoms with Gasteiger partial charge < -0.3 is 5.32 Å². The summed E-state index contributed by atoms with van der Waals surface area (Å²) >= 11 is 0. The third-order valence-electron chi connectivity index (χ3n) is 4.19. The van der Waals surface area contributed by atoms with Crippen LogP contribution in [0.3, 0.4) is 0 Å². The molecule has 146 valence electrons. The molecule has 1 aromatic carbocycles. The summed E-state index contributed by atoms with van der Waals surface area (Å²) in [6, 6.07) is 4.53. The van der Waals surface area contributed by atoms with Crippen molar-refractivity contribution in [3.63, 3.8) is 0 Å². The fourth-order valence-electron chi connectivity index (χ4n) is 2.67. The Hall–Kier alpha value is -2.94. The zero-order valence-electron chi connectivity index (χ0n) is 15.0. The zero-order valence-corrected chi connectivity index (χ0v) is 15.8. The Morgan fingerprint density at radius 1 is 1.04 bits per heavy atom. The first kappa shape index (κ1) is 19.8. The minimum absolute atomic E-state index is 0.0666. The highest BCUT2D eigenvalue weighted by Crippen LogP contribution is 2.27. The quantitative estimate of drug-likeness (QED) is 0.694. The Balaban J connectivity index is 1.94. The number of nitrogens with zero attached hydrogens (tertiary/aromatic N) is 2. The molecule has 2 heterocycles. The van der Waals surface area contributed by atoms with Gasteiger partial charge in [-0.3, -0.25) is 4.98 Å². The van der Waals surface area contributed by atoms with Crippen molar-refractivity contribution >= 4 is 21.2 Å². The molecular weight excluding hydrogens is 391 g/mol. The second-order valence-corrected chi connectivity index (χ2v) is 8.19. The molecule has 5 nitrogen and oxygen atoms in total. The minimum Gasteiger partial charge on any atom is -0.352 e. The van der Waals surface area contributed by atoms with Crippen LogP contribution in [0.5, 0.6) is 0 Å². The van der Waals surface area contributed by atoms with E-state index in [1.807, 2.05) is 0 Å². The van der Waals surface area contributed by atoms with Crippen LogP contribution in [0.1, 0.15) is 16.7 Å². The van der Waals surface area contributed by atoms with Gasteiger partial charge in [0.15, 0.2) is 20.7 Å². The molecule has 0 aliphatic rings. The molecule has 2 aromatic heterocycles. The molecule has 0 unspecified atom stereocenters. The summed E-state index contributed by atoms with van der Waals surface area (Å²) in [5.74, 6) is -2.36. The first-order chi connectivity index (χ1) is 13.2. The molecule has 0 atom stereocenters. The lowest BCUT2D eigenvalue weighted by Gasteiger charge is -2.14. The number of anilines is 2. The molecule has 0 spiro atoms. The average Bonchev–Trinajstić information content (AvgIpc) is 2.61. The topological polar surface area (TPSA) is 72.0 Å². The van der Waals surface area contributed by atoms with E-state index >= 15 is 0 Å². The van der Waals surface area contributed by atoms with E-state index in [4.69, 9.17) is 0 Å². The normalized spacial score (nSPS) is 11.5. The van der Waals surface area contributed by atoms with Crippen LogP contribution in [-0.4, -0.2) is 24.6 Å². The standard InChI is InChI=1S/C19H16F3N3O2S/c1-11-13(7-12-5-6-24-19(18(12)22)28(2,26)27)9-23-10-17(11)25-16-4-3-14(20)8-15(16)21/h3-6,8-10,25H,7H2,1-2H3. The van der Waals surface area contributed by atoms with Crippen LogP contribution in [0.4, 0.5) is 24.5 Å². The van der Waals surface area contributed by atoms with Crippen LogP contribution in [0.2, 0.25) is 0 Å². The number of aromatic nitrogens is 2. The van der Waals surface area contributed by atoms with Gasteiger partial charge in [-0.05, 0) is 41.8 Å². The number of hydrogen-bond donors (Lipinski definition) is 1. The van der Waals surface area contributed by atoms with Gasteiger partial charge in [-0.1, -0.05) is 0 Å². The smallest absolute Gasteiger partial charge is 0.195 e. The van der Waals surface area contributed by atoms with Crippen LogP contribution in [0.25, 0.3) is 0 Å². The van der Waals surface area contributed by atoms with E-state index in [0.717, 1.165) is 18.4 Å². The fourth-order valence-corrected chi connectivity index (χ4v) is 3.38. The number of benzene rings is 1. The van der Waals surface area contributed by atoms with Crippen LogP contribution >= 0.6 is 0 Å². The highest BCUT2D eigenvalue weighted by atomic mass is 32.2. The van der Waals surface area contributed by atoms with Gasteiger partial charge >= 0.3 is 0 Å². The molecule has 28 heavy (non-hydrogen) atoms. The van der Waals surface area contributed by atoms with E-state index in [2.05, 4.69) is 15.3 Å². The number of rotatable bonds is 5. The first-order valence-corrected chi connectivity index (χ1v) is 10.0. The Kier molecular flexibility index (Phi) is 5.37. The van der Waals surface area contributed by atoms with Crippen molar-refractivity contribution in [2.75, 3.05) is 11.6 Å². The molecule has 0 aliphatic heterocycles. The lowest BCUT2D eigenvalue weighted by Crippen LogP contribution is -2.08. The number of sulfone groups is 1. The van der Waals surface area contributed by atoms with E-state index in [-0.39, 0.29) is 17.7 Å². The predicted molar refractivity (Wildman–Crippen MR) is 98.7 cm³/mol. The maximum atomic E-state index is 14.6.